The van der Waals surface area contributed by atoms with Crippen molar-refractivity contribution in [1.82, 2.24) is 0 Å². The predicted octanol–water partition coefficient (Wildman–Crippen LogP) is 3.02. The van der Waals surface area contributed by atoms with Crippen molar-refractivity contribution in [3.63, 3.8) is 0 Å². The molecule has 5 heteroatoms. The molecule has 0 unspecified atom stereocenters. The third kappa shape index (κ3) is 2.85. The van der Waals surface area contributed by atoms with Crippen molar-refractivity contribution in [2.24, 2.45) is 0 Å². The molecule has 0 saturated carbocycles. The number of benzene rings is 1. The second-order valence-corrected chi connectivity index (χ2v) is 3.72. The fourth-order valence-electron chi connectivity index (χ4n) is 1.14. The van der Waals surface area contributed by atoms with Crippen molar-refractivity contribution in [3.8, 4) is 0 Å². The average molecular weight is 246 g/mol. The van der Waals surface area contributed by atoms with Crippen LogP contribution >= 0.6 is 11.6 Å². The summed E-state index contributed by atoms with van der Waals surface area (Å²) < 4.78 is 18.4. The number of hydrogen-bond donors (Lipinski definition) is 1. The van der Waals surface area contributed by atoms with Gasteiger partial charge in [0.25, 0.3) is 0 Å². The molecule has 2 N–H and O–H groups in total. The summed E-state index contributed by atoms with van der Waals surface area (Å²) in [6.07, 6.45) is 1.62. The zero-order valence-corrected chi connectivity index (χ0v) is 9.68. The normalized spacial score (nSPS) is 10.2. The van der Waals surface area contributed by atoms with Gasteiger partial charge in [-0.1, -0.05) is 24.9 Å². The largest absolute Gasteiger partial charge is 0.462 e. The molecule has 0 aromatic heterocycles. The van der Waals surface area contributed by atoms with E-state index in [1.165, 1.54) is 12.1 Å². The Kier molecular flexibility index (Phi) is 4.55. The van der Waals surface area contributed by atoms with Gasteiger partial charge < -0.3 is 10.5 Å². The van der Waals surface area contributed by atoms with Crippen LogP contribution < -0.4 is 5.73 Å². The van der Waals surface area contributed by atoms with Crippen molar-refractivity contribution in [3.05, 3.63) is 28.5 Å². The van der Waals surface area contributed by atoms with Gasteiger partial charge in [0.1, 0.15) is 5.56 Å². The number of hydrogen-bond acceptors (Lipinski definition) is 3. The third-order valence-electron chi connectivity index (χ3n) is 2.06. The zero-order valence-electron chi connectivity index (χ0n) is 8.93. The lowest BCUT2D eigenvalue weighted by atomic mass is 10.2. The number of esters is 1. The fraction of sp³-hybridized carbons (Fsp3) is 0.364. The molecule has 0 aliphatic carbocycles. The number of anilines is 1. The molecule has 0 spiro atoms. The van der Waals surface area contributed by atoms with E-state index in [4.69, 9.17) is 22.1 Å². The molecule has 1 rings (SSSR count). The predicted molar refractivity (Wildman–Crippen MR) is 61.0 cm³/mol. The third-order valence-corrected chi connectivity index (χ3v) is 2.37. The molecule has 88 valence electrons. The van der Waals surface area contributed by atoms with Crippen molar-refractivity contribution >= 4 is 23.3 Å². The van der Waals surface area contributed by atoms with Gasteiger partial charge in [-0.3, -0.25) is 0 Å². The van der Waals surface area contributed by atoms with E-state index >= 15 is 0 Å². The number of halogens is 2. The molecule has 0 atom stereocenters. The molecular formula is C11H13ClFNO2. The summed E-state index contributed by atoms with van der Waals surface area (Å²) in [7, 11) is 0. The molecule has 0 bridgehead atoms. The van der Waals surface area contributed by atoms with E-state index in [2.05, 4.69) is 0 Å². The molecule has 0 aliphatic heterocycles. The number of carbonyl (C=O) groups is 1. The molecule has 1 aromatic carbocycles. The van der Waals surface area contributed by atoms with E-state index in [-0.39, 0.29) is 22.9 Å². The van der Waals surface area contributed by atoms with Crippen LogP contribution in [0.4, 0.5) is 10.1 Å². The number of carbonyl (C=O) groups excluding carboxylic acids is 1. The zero-order chi connectivity index (χ0) is 12.1. The van der Waals surface area contributed by atoms with Crippen LogP contribution in [0, 0.1) is 5.82 Å². The van der Waals surface area contributed by atoms with Gasteiger partial charge in [-0.25, -0.2) is 9.18 Å². The summed E-state index contributed by atoms with van der Waals surface area (Å²) in [5, 5.41) is 0.00759. The van der Waals surface area contributed by atoms with Crippen LogP contribution in [-0.4, -0.2) is 12.6 Å². The molecule has 0 fully saturated rings. The highest BCUT2D eigenvalue weighted by molar-refractivity contribution is 6.33. The fourth-order valence-corrected chi connectivity index (χ4v) is 1.36. The minimum Gasteiger partial charge on any atom is -0.462 e. The quantitative estimate of drug-likeness (QED) is 0.504. The highest BCUT2D eigenvalue weighted by Crippen LogP contribution is 2.24. The standard InChI is InChI=1S/C11H13ClFNO2/c1-2-3-6-16-11(15)9-7(12)4-5-8(14)10(9)13/h4-5H,2-3,6,14H2,1H3. The lowest BCUT2D eigenvalue weighted by molar-refractivity contribution is 0.0495. The summed E-state index contributed by atoms with van der Waals surface area (Å²) >= 11 is 5.71. The molecule has 16 heavy (non-hydrogen) atoms. The minimum atomic E-state index is -0.825. The van der Waals surface area contributed by atoms with Crippen LogP contribution in [0.1, 0.15) is 30.1 Å². The Hall–Kier alpha value is -1.29. The maximum atomic E-state index is 13.5. The Balaban J connectivity index is 2.86. The van der Waals surface area contributed by atoms with E-state index in [0.717, 1.165) is 12.8 Å². The Morgan fingerprint density at radius 1 is 1.56 bits per heavy atom. The van der Waals surface area contributed by atoms with Crippen LogP contribution in [0.3, 0.4) is 0 Å². The molecular weight excluding hydrogens is 233 g/mol. The highest BCUT2D eigenvalue weighted by atomic mass is 35.5. The topological polar surface area (TPSA) is 52.3 Å². The van der Waals surface area contributed by atoms with Gasteiger partial charge in [0.2, 0.25) is 0 Å². The Labute approximate surface area is 98.3 Å². The molecule has 3 nitrogen and oxygen atoms in total. The number of rotatable bonds is 4. The number of unbranched alkanes of at least 4 members (excludes halogenated alkanes) is 1. The number of ether oxygens (including phenoxy) is 1. The maximum Gasteiger partial charge on any atom is 0.342 e. The van der Waals surface area contributed by atoms with Crippen LogP contribution in [0.15, 0.2) is 12.1 Å². The van der Waals surface area contributed by atoms with Gasteiger partial charge in [0, 0.05) is 0 Å². The summed E-state index contributed by atoms with van der Waals surface area (Å²) in [4.78, 5) is 11.5. The average Bonchev–Trinajstić information content (AvgIpc) is 2.24. The SMILES string of the molecule is CCCCOC(=O)c1c(Cl)ccc(N)c1F. The highest BCUT2D eigenvalue weighted by Gasteiger charge is 2.19. The smallest absolute Gasteiger partial charge is 0.342 e. The van der Waals surface area contributed by atoms with Crippen molar-refractivity contribution < 1.29 is 13.9 Å². The Morgan fingerprint density at radius 2 is 2.25 bits per heavy atom. The molecule has 0 amide bonds. The Bertz CT molecular complexity index is 396. The van der Waals surface area contributed by atoms with Gasteiger partial charge in [-0.2, -0.15) is 0 Å². The first-order valence-electron chi connectivity index (χ1n) is 4.98. The van der Waals surface area contributed by atoms with Crippen molar-refractivity contribution in [2.75, 3.05) is 12.3 Å². The van der Waals surface area contributed by atoms with E-state index < -0.39 is 11.8 Å². The first-order chi connectivity index (χ1) is 7.57. The monoisotopic (exact) mass is 245 g/mol. The lowest BCUT2D eigenvalue weighted by Gasteiger charge is -2.07. The maximum absolute atomic E-state index is 13.5. The summed E-state index contributed by atoms with van der Waals surface area (Å²) in [5.74, 6) is -1.60. The van der Waals surface area contributed by atoms with Crippen LogP contribution in [0.2, 0.25) is 5.02 Å². The summed E-state index contributed by atoms with van der Waals surface area (Å²) in [6.45, 7) is 2.21. The molecule has 0 saturated heterocycles. The summed E-state index contributed by atoms with van der Waals surface area (Å²) in [5.41, 5.74) is 4.93. The second-order valence-electron chi connectivity index (χ2n) is 3.32. The van der Waals surface area contributed by atoms with Crippen LogP contribution in [-0.2, 0) is 4.74 Å². The minimum absolute atomic E-state index is 0.00759. The van der Waals surface area contributed by atoms with Gasteiger partial charge in [-0.05, 0) is 18.6 Å². The first-order valence-corrected chi connectivity index (χ1v) is 5.36. The van der Waals surface area contributed by atoms with Gasteiger partial charge in [-0.15, -0.1) is 0 Å². The first kappa shape index (κ1) is 12.8. The number of nitrogens with two attached hydrogens (primary N) is 1. The number of nitrogen functional groups attached to an aromatic ring is 1. The van der Waals surface area contributed by atoms with Crippen molar-refractivity contribution in [2.45, 2.75) is 19.8 Å². The van der Waals surface area contributed by atoms with Gasteiger partial charge in [0.15, 0.2) is 5.82 Å². The molecule has 0 heterocycles. The van der Waals surface area contributed by atoms with Crippen molar-refractivity contribution in [1.29, 1.82) is 0 Å². The summed E-state index contributed by atoms with van der Waals surface area (Å²) in [6, 6.07) is 2.68. The van der Waals surface area contributed by atoms with Gasteiger partial charge >= 0.3 is 5.97 Å². The van der Waals surface area contributed by atoms with E-state index in [0.29, 0.717) is 0 Å². The molecule has 0 aliphatic rings. The van der Waals surface area contributed by atoms with Crippen LogP contribution in [0.25, 0.3) is 0 Å². The molecule has 1 aromatic rings. The van der Waals surface area contributed by atoms with E-state index in [1.54, 1.807) is 0 Å². The molecule has 0 radical (unpaired) electrons. The van der Waals surface area contributed by atoms with E-state index in [1.807, 2.05) is 6.92 Å². The Morgan fingerprint density at radius 3 is 2.88 bits per heavy atom. The van der Waals surface area contributed by atoms with Crippen LogP contribution in [0.5, 0.6) is 0 Å². The second kappa shape index (κ2) is 5.70. The lowest BCUT2D eigenvalue weighted by Crippen LogP contribution is -2.10. The van der Waals surface area contributed by atoms with Gasteiger partial charge in [0.05, 0.1) is 17.3 Å². The van der Waals surface area contributed by atoms with E-state index in [9.17, 15) is 9.18 Å².